The van der Waals surface area contributed by atoms with Gasteiger partial charge >= 0.3 is 5.97 Å². The Kier molecular flexibility index (Phi) is 3.98. The van der Waals surface area contributed by atoms with E-state index in [2.05, 4.69) is 4.98 Å². The lowest BCUT2D eigenvalue weighted by atomic mass is 10.3. The minimum atomic E-state index is -1.10. The van der Waals surface area contributed by atoms with Crippen molar-refractivity contribution in [3.63, 3.8) is 0 Å². The van der Waals surface area contributed by atoms with Gasteiger partial charge in [-0.3, -0.25) is 4.40 Å². The van der Waals surface area contributed by atoms with Crippen LogP contribution in [0.1, 0.15) is 10.5 Å². The van der Waals surface area contributed by atoms with Crippen LogP contribution in [-0.2, 0) is 0 Å². The van der Waals surface area contributed by atoms with E-state index in [0.29, 0.717) is 5.65 Å². The number of hydrogen-bond acceptors (Lipinski definition) is 5. The van der Waals surface area contributed by atoms with Crippen molar-refractivity contribution in [1.82, 2.24) is 9.38 Å². The highest BCUT2D eigenvalue weighted by Gasteiger charge is 2.22. The van der Waals surface area contributed by atoms with E-state index in [4.69, 9.17) is 10.2 Å². The summed E-state index contributed by atoms with van der Waals surface area (Å²) < 4.78 is 1.47. The second-order valence-corrected chi connectivity index (χ2v) is 3.95. The van der Waals surface area contributed by atoms with E-state index < -0.39 is 5.97 Å². The third-order valence-electron chi connectivity index (χ3n) is 2.75. The molecular weight excluding hydrogens is 250 g/mol. The summed E-state index contributed by atoms with van der Waals surface area (Å²) in [6.45, 7) is 0.134. The molecule has 0 aliphatic rings. The Balaban J connectivity index is 2.56. The third-order valence-corrected chi connectivity index (χ3v) is 2.75. The molecule has 0 saturated heterocycles. The average molecular weight is 265 g/mol. The van der Waals surface area contributed by atoms with Gasteiger partial charge in [-0.05, 0) is 12.1 Å². The van der Waals surface area contributed by atoms with Crippen LogP contribution in [0.5, 0.6) is 0 Å². The fraction of sp³-hybridized carbons (Fsp3) is 0.333. The fourth-order valence-electron chi connectivity index (χ4n) is 1.97. The van der Waals surface area contributed by atoms with Crippen LogP contribution >= 0.6 is 0 Å². The van der Waals surface area contributed by atoms with Gasteiger partial charge in [0.1, 0.15) is 5.65 Å². The van der Waals surface area contributed by atoms with Crippen molar-refractivity contribution in [2.75, 3.05) is 31.2 Å². The molecule has 7 heteroatoms. The molecule has 0 atom stereocenters. The Morgan fingerprint density at radius 3 is 2.53 bits per heavy atom. The normalized spacial score (nSPS) is 10.8. The number of aromatic nitrogens is 2. The number of aliphatic hydroxyl groups is 2. The van der Waals surface area contributed by atoms with E-state index in [1.165, 1.54) is 4.40 Å². The molecule has 0 amide bonds. The van der Waals surface area contributed by atoms with Gasteiger partial charge in [-0.25, -0.2) is 9.78 Å². The maximum absolute atomic E-state index is 11.4. The fourth-order valence-corrected chi connectivity index (χ4v) is 1.97. The second-order valence-electron chi connectivity index (χ2n) is 3.95. The molecule has 2 rings (SSSR count). The minimum absolute atomic E-state index is 0.0255. The number of aliphatic hydroxyl groups excluding tert-OH is 2. The Morgan fingerprint density at radius 1 is 1.26 bits per heavy atom. The zero-order chi connectivity index (χ0) is 13.8. The monoisotopic (exact) mass is 265 g/mol. The molecule has 2 aromatic heterocycles. The molecule has 0 aliphatic carbocycles. The molecule has 0 spiro atoms. The molecule has 0 radical (unpaired) electrons. The van der Waals surface area contributed by atoms with Crippen LogP contribution < -0.4 is 4.90 Å². The van der Waals surface area contributed by atoms with E-state index >= 15 is 0 Å². The van der Waals surface area contributed by atoms with Crippen LogP contribution in [0.4, 0.5) is 5.82 Å². The van der Waals surface area contributed by atoms with Gasteiger partial charge in [0.05, 0.1) is 13.2 Å². The highest BCUT2D eigenvalue weighted by Crippen LogP contribution is 2.21. The number of rotatable bonds is 6. The van der Waals surface area contributed by atoms with Crippen LogP contribution in [0.2, 0.25) is 0 Å². The number of nitrogens with zero attached hydrogens (tertiary/aromatic N) is 3. The highest BCUT2D eigenvalue weighted by molar-refractivity contribution is 5.93. The maximum atomic E-state index is 11.4. The van der Waals surface area contributed by atoms with E-state index in [0.717, 1.165) is 0 Å². The summed E-state index contributed by atoms with van der Waals surface area (Å²) in [6, 6.07) is 5.18. The second kappa shape index (κ2) is 5.68. The van der Waals surface area contributed by atoms with Gasteiger partial charge in [-0.15, -0.1) is 0 Å². The van der Waals surface area contributed by atoms with Gasteiger partial charge in [-0.2, -0.15) is 0 Å². The van der Waals surface area contributed by atoms with E-state index in [1.807, 2.05) is 0 Å². The Hall–Kier alpha value is -2.12. The van der Waals surface area contributed by atoms with Gasteiger partial charge in [0, 0.05) is 19.3 Å². The predicted molar refractivity (Wildman–Crippen MR) is 68.5 cm³/mol. The van der Waals surface area contributed by atoms with Gasteiger partial charge in [-0.1, -0.05) is 6.07 Å². The number of hydrogen-bond donors (Lipinski definition) is 3. The molecule has 0 aliphatic heterocycles. The van der Waals surface area contributed by atoms with Gasteiger partial charge < -0.3 is 20.2 Å². The van der Waals surface area contributed by atoms with Gasteiger partial charge in [0.2, 0.25) is 0 Å². The maximum Gasteiger partial charge on any atom is 0.356 e. The SMILES string of the molecule is O=C(O)c1c(N(CCO)CCO)nc2ccccn12. The summed E-state index contributed by atoms with van der Waals surface area (Å²) >= 11 is 0. The molecule has 3 N–H and O–H groups in total. The average Bonchev–Trinajstić information content (AvgIpc) is 2.77. The number of carboxylic acids is 1. The van der Waals surface area contributed by atoms with Crippen molar-refractivity contribution in [2.24, 2.45) is 0 Å². The number of carbonyl (C=O) groups is 1. The van der Waals surface area contributed by atoms with Crippen molar-refractivity contribution in [2.45, 2.75) is 0 Å². The Labute approximate surface area is 109 Å². The molecule has 0 aromatic carbocycles. The molecule has 0 bridgehead atoms. The van der Waals surface area contributed by atoms with Crippen molar-refractivity contribution < 1.29 is 20.1 Å². The molecule has 19 heavy (non-hydrogen) atoms. The largest absolute Gasteiger partial charge is 0.476 e. The van der Waals surface area contributed by atoms with Gasteiger partial charge in [0.25, 0.3) is 0 Å². The first-order chi connectivity index (χ1) is 9.19. The van der Waals surface area contributed by atoms with Crippen molar-refractivity contribution in [1.29, 1.82) is 0 Å². The summed E-state index contributed by atoms with van der Waals surface area (Å²) in [4.78, 5) is 17.2. The Morgan fingerprint density at radius 2 is 1.95 bits per heavy atom. The number of aromatic carboxylic acids is 1. The molecule has 0 saturated carbocycles. The lowest BCUT2D eigenvalue weighted by Gasteiger charge is -2.20. The highest BCUT2D eigenvalue weighted by atomic mass is 16.4. The molecule has 102 valence electrons. The molecule has 0 unspecified atom stereocenters. The van der Waals surface area contributed by atoms with Crippen LogP contribution in [0.3, 0.4) is 0 Å². The predicted octanol–water partition coefficient (Wildman–Crippen LogP) is -0.177. The summed E-state index contributed by atoms with van der Waals surface area (Å²) in [6.07, 6.45) is 1.62. The summed E-state index contributed by atoms with van der Waals surface area (Å²) in [5, 5.41) is 27.4. The smallest absolute Gasteiger partial charge is 0.356 e. The first-order valence-corrected chi connectivity index (χ1v) is 5.86. The zero-order valence-corrected chi connectivity index (χ0v) is 10.2. The molecule has 7 nitrogen and oxygen atoms in total. The first-order valence-electron chi connectivity index (χ1n) is 5.86. The van der Waals surface area contributed by atoms with Gasteiger partial charge in [0.15, 0.2) is 11.5 Å². The first kappa shape index (κ1) is 13.3. The lowest BCUT2D eigenvalue weighted by molar-refractivity contribution is 0.0690. The summed E-state index contributed by atoms with van der Waals surface area (Å²) in [7, 11) is 0. The number of anilines is 1. The van der Waals surface area contributed by atoms with E-state index in [1.54, 1.807) is 29.3 Å². The van der Waals surface area contributed by atoms with Crippen LogP contribution in [0.15, 0.2) is 24.4 Å². The molecular formula is C12H15N3O4. The topological polar surface area (TPSA) is 98.3 Å². The van der Waals surface area contributed by atoms with Crippen LogP contribution in [0.25, 0.3) is 5.65 Å². The van der Waals surface area contributed by atoms with Crippen molar-refractivity contribution >= 4 is 17.4 Å². The van der Waals surface area contributed by atoms with Crippen LogP contribution in [0, 0.1) is 0 Å². The number of imidazole rings is 1. The molecule has 0 fully saturated rings. The van der Waals surface area contributed by atoms with Crippen molar-refractivity contribution in [3.05, 3.63) is 30.1 Å². The van der Waals surface area contributed by atoms with Crippen LogP contribution in [-0.4, -0.2) is 57.0 Å². The number of pyridine rings is 1. The quantitative estimate of drug-likeness (QED) is 0.670. The number of fused-ring (bicyclic) bond motifs is 1. The summed E-state index contributed by atoms with van der Waals surface area (Å²) in [5.74, 6) is -0.851. The summed E-state index contributed by atoms with van der Waals surface area (Å²) in [5.41, 5.74) is 0.535. The van der Waals surface area contributed by atoms with Crippen molar-refractivity contribution in [3.8, 4) is 0 Å². The van der Waals surface area contributed by atoms with E-state index in [9.17, 15) is 9.90 Å². The third kappa shape index (κ3) is 2.51. The standard InChI is InChI=1S/C12H15N3O4/c16-7-5-14(6-8-17)11-10(12(18)19)15-4-2-1-3-9(15)13-11/h1-4,16-17H,5-8H2,(H,18,19). The van der Waals surface area contributed by atoms with E-state index in [-0.39, 0.29) is 37.8 Å². The molecule has 2 heterocycles. The zero-order valence-electron chi connectivity index (χ0n) is 10.2. The lowest BCUT2D eigenvalue weighted by Crippen LogP contribution is -2.31. The number of carboxylic acid groups (broad SMARTS) is 1. The minimum Gasteiger partial charge on any atom is -0.476 e. The Bertz CT molecular complexity index is 575. The molecule has 2 aromatic rings.